The van der Waals surface area contributed by atoms with Gasteiger partial charge in [0, 0.05) is 11.5 Å². The quantitative estimate of drug-likeness (QED) is 0.814. The van der Waals surface area contributed by atoms with E-state index in [0.29, 0.717) is 18.3 Å². The lowest BCUT2D eigenvalue weighted by Gasteiger charge is -2.32. The van der Waals surface area contributed by atoms with Crippen molar-refractivity contribution in [3.63, 3.8) is 0 Å². The average Bonchev–Trinajstić information content (AvgIpc) is 2.75. The van der Waals surface area contributed by atoms with Crippen LogP contribution in [0.3, 0.4) is 0 Å². The topological polar surface area (TPSA) is 53.1 Å². The SMILES string of the molecule is CC1COc2ccccc2C1n1nccc1N. The Morgan fingerprint density at radius 3 is 2.94 bits per heavy atom. The molecule has 2 atom stereocenters. The molecule has 2 heterocycles. The molecule has 1 aliphatic heterocycles. The monoisotopic (exact) mass is 229 g/mol. The first-order chi connectivity index (χ1) is 8.27. The molecule has 2 aromatic rings. The molecule has 3 rings (SSSR count). The number of nitrogens with two attached hydrogens (primary N) is 1. The second-order valence-corrected chi connectivity index (χ2v) is 4.47. The maximum absolute atomic E-state index is 5.95. The number of para-hydroxylation sites is 1. The summed E-state index contributed by atoms with van der Waals surface area (Å²) < 4.78 is 7.60. The maximum atomic E-state index is 5.95. The minimum absolute atomic E-state index is 0.162. The van der Waals surface area contributed by atoms with Crippen molar-refractivity contribution < 1.29 is 4.74 Å². The van der Waals surface area contributed by atoms with Crippen LogP contribution in [0.5, 0.6) is 5.75 Å². The minimum Gasteiger partial charge on any atom is -0.493 e. The summed E-state index contributed by atoms with van der Waals surface area (Å²) in [6.07, 6.45) is 1.74. The number of rotatable bonds is 1. The van der Waals surface area contributed by atoms with E-state index in [0.717, 1.165) is 11.3 Å². The lowest BCUT2D eigenvalue weighted by Crippen LogP contribution is -2.29. The van der Waals surface area contributed by atoms with Gasteiger partial charge in [-0.05, 0) is 12.1 Å². The van der Waals surface area contributed by atoms with Crippen molar-refractivity contribution in [2.24, 2.45) is 5.92 Å². The predicted octanol–water partition coefficient (Wildman–Crippen LogP) is 2.08. The van der Waals surface area contributed by atoms with E-state index in [1.807, 2.05) is 28.9 Å². The fourth-order valence-electron chi connectivity index (χ4n) is 2.40. The molecule has 4 heteroatoms. The van der Waals surface area contributed by atoms with Crippen LogP contribution in [0.25, 0.3) is 0 Å². The van der Waals surface area contributed by atoms with E-state index in [9.17, 15) is 0 Å². The molecular formula is C13H15N3O. The Labute approximate surface area is 100 Å². The molecule has 2 N–H and O–H groups in total. The van der Waals surface area contributed by atoms with Crippen molar-refractivity contribution in [3.8, 4) is 5.75 Å². The first-order valence-corrected chi connectivity index (χ1v) is 5.78. The van der Waals surface area contributed by atoms with E-state index in [2.05, 4.69) is 18.1 Å². The van der Waals surface area contributed by atoms with Gasteiger partial charge in [0.2, 0.25) is 0 Å². The fraction of sp³-hybridized carbons (Fsp3) is 0.308. The third-order valence-corrected chi connectivity index (χ3v) is 3.24. The van der Waals surface area contributed by atoms with Gasteiger partial charge in [-0.2, -0.15) is 5.10 Å². The molecule has 0 saturated carbocycles. The molecule has 88 valence electrons. The zero-order valence-corrected chi connectivity index (χ0v) is 9.71. The average molecular weight is 229 g/mol. The van der Waals surface area contributed by atoms with Crippen LogP contribution in [0.1, 0.15) is 18.5 Å². The number of anilines is 1. The van der Waals surface area contributed by atoms with Gasteiger partial charge in [-0.25, -0.2) is 4.68 Å². The minimum atomic E-state index is 0.162. The lowest BCUT2D eigenvalue weighted by atomic mass is 9.92. The summed E-state index contributed by atoms with van der Waals surface area (Å²) in [5.41, 5.74) is 7.10. The molecule has 0 aliphatic carbocycles. The van der Waals surface area contributed by atoms with E-state index < -0.39 is 0 Å². The first-order valence-electron chi connectivity index (χ1n) is 5.78. The van der Waals surface area contributed by atoms with Gasteiger partial charge in [-0.3, -0.25) is 0 Å². The van der Waals surface area contributed by atoms with E-state index in [1.165, 1.54) is 0 Å². The van der Waals surface area contributed by atoms with Crippen LogP contribution in [0.2, 0.25) is 0 Å². The molecule has 1 aromatic heterocycles. The molecule has 0 bridgehead atoms. The van der Waals surface area contributed by atoms with Gasteiger partial charge in [0.05, 0.1) is 18.8 Å². The van der Waals surface area contributed by atoms with Gasteiger partial charge in [0.15, 0.2) is 0 Å². The highest BCUT2D eigenvalue weighted by Crippen LogP contribution is 2.38. The number of hydrogen-bond acceptors (Lipinski definition) is 3. The predicted molar refractivity (Wildman–Crippen MR) is 65.9 cm³/mol. The molecule has 1 aromatic carbocycles. The normalized spacial score (nSPS) is 22.9. The van der Waals surface area contributed by atoms with Gasteiger partial charge >= 0.3 is 0 Å². The van der Waals surface area contributed by atoms with Crippen molar-refractivity contribution in [1.29, 1.82) is 0 Å². The number of benzene rings is 1. The molecule has 0 spiro atoms. The lowest BCUT2D eigenvalue weighted by molar-refractivity contribution is 0.186. The van der Waals surface area contributed by atoms with E-state index in [4.69, 9.17) is 10.5 Å². The Bertz CT molecular complexity index is 535. The second-order valence-electron chi connectivity index (χ2n) is 4.47. The first kappa shape index (κ1) is 10.2. The molecule has 0 saturated heterocycles. The van der Waals surface area contributed by atoms with Crippen LogP contribution >= 0.6 is 0 Å². The van der Waals surface area contributed by atoms with Gasteiger partial charge in [0.25, 0.3) is 0 Å². The zero-order valence-electron chi connectivity index (χ0n) is 9.71. The van der Waals surface area contributed by atoms with Crippen molar-refractivity contribution in [1.82, 2.24) is 9.78 Å². The number of ether oxygens (including phenoxy) is 1. The molecule has 0 radical (unpaired) electrons. The fourth-order valence-corrected chi connectivity index (χ4v) is 2.40. The Hall–Kier alpha value is -1.97. The van der Waals surface area contributed by atoms with E-state index in [-0.39, 0.29) is 6.04 Å². The van der Waals surface area contributed by atoms with Gasteiger partial charge in [-0.1, -0.05) is 25.1 Å². The summed E-state index contributed by atoms with van der Waals surface area (Å²) in [5.74, 6) is 1.98. The number of nitrogen functional groups attached to an aromatic ring is 1. The Morgan fingerprint density at radius 1 is 1.35 bits per heavy atom. The number of nitrogens with zero attached hydrogens (tertiary/aromatic N) is 2. The van der Waals surface area contributed by atoms with Crippen LogP contribution < -0.4 is 10.5 Å². The molecule has 0 fully saturated rings. The summed E-state index contributed by atoms with van der Waals surface area (Å²) in [4.78, 5) is 0. The largest absolute Gasteiger partial charge is 0.493 e. The van der Waals surface area contributed by atoms with Crippen LogP contribution in [-0.4, -0.2) is 16.4 Å². The van der Waals surface area contributed by atoms with Gasteiger partial charge < -0.3 is 10.5 Å². The van der Waals surface area contributed by atoms with Gasteiger partial charge in [0.1, 0.15) is 11.6 Å². The van der Waals surface area contributed by atoms with E-state index >= 15 is 0 Å². The van der Waals surface area contributed by atoms with Crippen LogP contribution in [0.15, 0.2) is 36.5 Å². The van der Waals surface area contributed by atoms with Crippen LogP contribution in [-0.2, 0) is 0 Å². The Balaban J connectivity index is 2.13. The standard InChI is InChI=1S/C13H15N3O/c1-9-8-17-11-5-3-2-4-10(11)13(9)16-12(14)6-7-15-16/h2-7,9,13H,8,14H2,1H3. The van der Waals surface area contributed by atoms with Crippen molar-refractivity contribution in [3.05, 3.63) is 42.1 Å². The smallest absolute Gasteiger partial charge is 0.124 e. The van der Waals surface area contributed by atoms with Crippen LogP contribution in [0, 0.1) is 5.92 Å². The second kappa shape index (κ2) is 3.80. The number of aromatic nitrogens is 2. The summed E-state index contributed by atoms with van der Waals surface area (Å²) in [7, 11) is 0. The highest BCUT2D eigenvalue weighted by Gasteiger charge is 2.30. The zero-order chi connectivity index (χ0) is 11.8. The van der Waals surface area contributed by atoms with E-state index in [1.54, 1.807) is 6.20 Å². The number of fused-ring (bicyclic) bond motifs is 1. The number of hydrogen-bond donors (Lipinski definition) is 1. The molecular weight excluding hydrogens is 214 g/mol. The highest BCUT2D eigenvalue weighted by atomic mass is 16.5. The summed E-state index contributed by atoms with van der Waals surface area (Å²) >= 11 is 0. The highest BCUT2D eigenvalue weighted by molar-refractivity contribution is 5.40. The summed E-state index contributed by atoms with van der Waals surface area (Å²) in [5, 5.41) is 4.32. The van der Waals surface area contributed by atoms with Gasteiger partial charge in [-0.15, -0.1) is 0 Å². The molecule has 1 aliphatic rings. The molecule has 17 heavy (non-hydrogen) atoms. The van der Waals surface area contributed by atoms with Crippen LogP contribution in [0.4, 0.5) is 5.82 Å². The maximum Gasteiger partial charge on any atom is 0.124 e. The third kappa shape index (κ3) is 1.56. The molecule has 4 nitrogen and oxygen atoms in total. The summed E-state index contributed by atoms with van der Waals surface area (Å²) in [6.45, 7) is 2.85. The summed E-state index contributed by atoms with van der Waals surface area (Å²) in [6, 6.07) is 10.1. The third-order valence-electron chi connectivity index (χ3n) is 3.24. The van der Waals surface area contributed by atoms with Crippen molar-refractivity contribution in [2.45, 2.75) is 13.0 Å². The Kier molecular flexibility index (Phi) is 2.28. The molecule has 0 amide bonds. The Morgan fingerprint density at radius 2 is 2.18 bits per heavy atom. The van der Waals surface area contributed by atoms with Crippen molar-refractivity contribution >= 4 is 5.82 Å². The van der Waals surface area contributed by atoms with Crippen molar-refractivity contribution in [2.75, 3.05) is 12.3 Å². The molecule has 2 unspecified atom stereocenters.